The van der Waals surface area contributed by atoms with E-state index in [9.17, 15) is 4.79 Å². The summed E-state index contributed by atoms with van der Waals surface area (Å²) < 4.78 is 5.34. The molecule has 0 bridgehead atoms. The fraction of sp³-hybridized carbons (Fsp3) is 0.500. The lowest BCUT2D eigenvalue weighted by Crippen LogP contribution is -2.37. The van der Waals surface area contributed by atoms with Crippen molar-refractivity contribution in [2.45, 2.75) is 12.8 Å². The number of amides is 1. The molecule has 1 aromatic rings. The Labute approximate surface area is 107 Å². The summed E-state index contributed by atoms with van der Waals surface area (Å²) in [7, 11) is 0. The van der Waals surface area contributed by atoms with Crippen LogP contribution >= 0.6 is 0 Å². The van der Waals surface area contributed by atoms with Gasteiger partial charge in [0.05, 0.1) is 19.6 Å². The Morgan fingerprint density at radius 2 is 2.11 bits per heavy atom. The number of hydrogen-bond acceptors (Lipinski definition) is 3. The summed E-state index contributed by atoms with van der Waals surface area (Å²) in [6.07, 6.45) is 1.57. The highest BCUT2D eigenvalue weighted by Gasteiger charge is 2.17. The number of carbonyl (C=O) groups excluding carboxylic acids is 1. The van der Waals surface area contributed by atoms with Crippen LogP contribution in [0, 0.1) is 0 Å². The Morgan fingerprint density at radius 3 is 2.94 bits per heavy atom. The van der Waals surface area contributed by atoms with E-state index in [1.165, 1.54) is 5.56 Å². The van der Waals surface area contributed by atoms with Crippen LogP contribution in [-0.2, 0) is 22.4 Å². The van der Waals surface area contributed by atoms with Crippen molar-refractivity contribution >= 4 is 11.6 Å². The summed E-state index contributed by atoms with van der Waals surface area (Å²) in [6.45, 7) is 4.84. The third-order valence-corrected chi connectivity index (χ3v) is 3.62. The molecule has 3 rings (SSSR count). The van der Waals surface area contributed by atoms with E-state index < -0.39 is 0 Å². The quantitative estimate of drug-likeness (QED) is 0.867. The molecule has 18 heavy (non-hydrogen) atoms. The van der Waals surface area contributed by atoms with E-state index in [2.05, 4.69) is 22.3 Å². The van der Waals surface area contributed by atoms with Crippen LogP contribution in [0.2, 0.25) is 0 Å². The number of benzene rings is 1. The number of ether oxygens (including phenoxy) is 1. The second-order valence-electron chi connectivity index (χ2n) is 4.92. The molecule has 4 nitrogen and oxygen atoms in total. The molecule has 0 aromatic heterocycles. The molecule has 1 N–H and O–H groups in total. The Balaban J connectivity index is 1.60. The lowest BCUT2D eigenvalue weighted by Gasteiger charge is -2.26. The molecule has 0 atom stereocenters. The summed E-state index contributed by atoms with van der Waals surface area (Å²) in [4.78, 5) is 13.7. The molecule has 2 aliphatic heterocycles. The van der Waals surface area contributed by atoms with Gasteiger partial charge in [0.2, 0.25) is 5.91 Å². The van der Waals surface area contributed by atoms with E-state index in [-0.39, 0.29) is 5.91 Å². The molecule has 1 saturated heterocycles. The first-order valence-electron chi connectivity index (χ1n) is 6.53. The number of fused-ring (bicyclic) bond motifs is 1. The maximum Gasteiger partial charge on any atom is 0.228 e. The molecule has 0 saturated carbocycles. The second-order valence-corrected chi connectivity index (χ2v) is 4.92. The van der Waals surface area contributed by atoms with Crippen LogP contribution in [0.1, 0.15) is 11.1 Å². The Kier molecular flexibility index (Phi) is 3.30. The SMILES string of the molecule is O=C1Cc2cc(CCN3CCOCC3)ccc2N1. The fourth-order valence-electron chi connectivity index (χ4n) is 2.55. The minimum absolute atomic E-state index is 0.107. The first-order valence-corrected chi connectivity index (χ1v) is 6.53. The van der Waals surface area contributed by atoms with Crippen LogP contribution in [0.5, 0.6) is 0 Å². The molecule has 0 spiro atoms. The highest BCUT2D eigenvalue weighted by molar-refractivity contribution is 5.99. The van der Waals surface area contributed by atoms with E-state index >= 15 is 0 Å². The summed E-state index contributed by atoms with van der Waals surface area (Å²) in [5.74, 6) is 0.107. The summed E-state index contributed by atoms with van der Waals surface area (Å²) in [6, 6.07) is 6.30. The molecular formula is C14H18N2O2. The van der Waals surface area contributed by atoms with Crippen molar-refractivity contribution in [1.29, 1.82) is 0 Å². The van der Waals surface area contributed by atoms with E-state index in [1.54, 1.807) is 0 Å². The van der Waals surface area contributed by atoms with Gasteiger partial charge in [0, 0.05) is 25.3 Å². The van der Waals surface area contributed by atoms with Gasteiger partial charge >= 0.3 is 0 Å². The van der Waals surface area contributed by atoms with Crippen LogP contribution < -0.4 is 5.32 Å². The minimum atomic E-state index is 0.107. The van der Waals surface area contributed by atoms with Crippen LogP contribution in [0.25, 0.3) is 0 Å². The number of carbonyl (C=O) groups is 1. The van der Waals surface area contributed by atoms with Gasteiger partial charge in [-0.2, -0.15) is 0 Å². The highest BCUT2D eigenvalue weighted by Crippen LogP contribution is 2.24. The normalized spacial score (nSPS) is 19.7. The minimum Gasteiger partial charge on any atom is -0.379 e. The third kappa shape index (κ3) is 2.54. The highest BCUT2D eigenvalue weighted by atomic mass is 16.5. The van der Waals surface area contributed by atoms with Gasteiger partial charge in [-0.3, -0.25) is 9.69 Å². The van der Waals surface area contributed by atoms with Gasteiger partial charge in [0.25, 0.3) is 0 Å². The maximum absolute atomic E-state index is 11.3. The lowest BCUT2D eigenvalue weighted by atomic mass is 10.1. The smallest absolute Gasteiger partial charge is 0.228 e. The molecule has 4 heteroatoms. The summed E-state index contributed by atoms with van der Waals surface area (Å²) in [5.41, 5.74) is 3.44. The maximum atomic E-state index is 11.3. The predicted molar refractivity (Wildman–Crippen MR) is 69.7 cm³/mol. The summed E-state index contributed by atoms with van der Waals surface area (Å²) in [5, 5.41) is 2.86. The van der Waals surface area contributed by atoms with Crippen molar-refractivity contribution in [3.63, 3.8) is 0 Å². The Hall–Kier alpha value is -1.39. The van der Waals surface area contributed by atoms with E-state index in [0.29, 0.717) is 6.42 Å². The van der Waals surface area contributed by atoms with Crippen molar-refractivity contribution in [3.05, 3.63) is 29.3 Å². The zero-order valence-electron chi connectivity index (χ0n) is 10.4. The van der Waals surface area contributed by atoms with Crippen molar-refractivity contribution in [1.82, 2.24) is 4.90 Å². The average Bonchev–Trinajstić information content (AvgIpc) is 2.77. The van der Waals surface area contributed by atoms with Gasteiger partial charge < -0.3 is 10.1 Å². The molecule has 0 radical (unpaired) electrons. The van der Waals surface area contributed by atoms with Crippen molar-refractivity contribution in [2.24, 2.45) is 0 Å². The average molecular weight is 246 g/mol. The molecule has 1 aromatic carbocycles. The van der Waals surface area contributed by atoms with Crippen LogP contribution in [0.3, 0.4) is 0 Å². The van der Waals surface area contributed by atoms with E-state index in [4.69, 9.17) is 4.74 Å². The number of anilines is 1. The van der Waals surface area contributed by atoms with Gasteiger partial charge in [-0.15, -0.1) is 0 Å². The fourth-order valence-corrected chi connectivity index (χ4v) is 2.55. The van der Waals surface area contributed by atoms with E-state index in [0.717, 1.165) is 50.5 Å². The number of nitrogens with zero attached hydrogens (tertiary/aromatic N) is 1. The molecule has 2 aliphatic rings. The number of morpholine rings is 1. The monoisotopic (exact) mass is 246 g/mol. The Morgan fingerprint density at radius 1 is 1.28 bits per heavy atom. The van der Waals surface area contributed by atoms with Gasteiger partial charge in [-0.1, -0.05) is 12.1 Å². The zero-order chi connectivity index (χ0) is 12.4. The number of hydrogen-bond donors (Lipinski definition) is 1. The molecular weight excluding hydrogens is 228 g/mol. The van der Waals surface area contributed by atoms with Crippen LogP contribution in [0.4, 0.5) is 5.69 Å². The van der Waals surface area contributed by atoms with Gasteiger partial charge in [-0.05, 0) is 23.6 Å². The van der Waals surface area contributed by atoms with Crippen LogP contribution in [-0.4, -0.2) is 43.7 Å². The molecule has 2 heterocycles. The molecule has 0 aliphatic carbocycles. The second kappa shape index (κ2) is 5.08. The predicted octanol–water partition coefficient (Wildman–Crippen LogP) is 1.06. The van der Waals surface area contributed by atoms with Gasteiger partial charge in [0.15, 0.2) is 0 Å². The Bertz CT molecular complexity index is 453. The molecule has 1 amide bonds. The standard InChI is InChI=1S/C14H18N2O2/c17-14-10-12-9-11(1-2-13(12)15-14)3-4-16-5-7-18-8-6-16/h1-2,9H,3-8,10H2,(H,15,17). The van der Waals surface area contributed by atoms with Crippen LogP contribution in [0.15, 0.2) is 18.2 Å². The van der Waals surface area contributed by atoms with Gasteiger partial charge in [-0.25, -0.2) is 0 Å². The molecule has 96 valence electrons. The molecule has 0 unspecified atom stereocenters. The van der Waals surface area contributed by atoms with Crippen molar-refractivity contribution in [3.8, 4) is 0 Å². The van der Waals surface area contributed by atoms with Crippen molar-refractivity contribution in [2.75, 3.05) is 38.2 Å². The zero-order valence-corrected chi connectivity index (χ0v) is 10.4. The largest absolute Gasteiger partial charge is 0.379 e. The third-order valence-electron chi connectivity index (χ3n) is 3.62. The summed E-state index contributed by atoms with van der Waals surface area (Å²) >= 11 is 0. The van der Waals surface area contributed by atoms with E-state index in [1.807, 2.05) is 6.07 Å². The van der Waals surface area contributed by atoms with Gasteiger partial charge in [0.1, 0.15) is 0 Å². The molecule has 1 fully saturated rings. The number of rotatable bonds is 3. The van der Waals surface area contributed by atoms with Crippen molar-refractivity contribution < 1.29 is 9.53 Å². The lowest BCUT2D eigenvalue weighted by molar-refractivity contribution is -0.115. The number of nitrogens with one attached hydrogen (secondary N) is 1. The first-order chi connectivity index (χ1) is 8.81. The first kappa shape index (κ1) is 11.7. The topological polar surface area (TPSA) is 41.6 Å².